The molecule has 25 heavy (non-hydrogen) atoms. The van der Waals surface area contributed by atoms with E-state index in [2.05, 4.69) is 20.8 Å². The molecule has 0 saturated heterocycles. The number of carbonyl (C=O) groups is 1. The van der Waals surface area contributed by atoms with E-state index in [1.54, 1.807) is 30.0 Å². The monoisotopic (exact) mass is 415 g/mol. The highest BCUT2D eigenvalue weighted by Crippen LogP contribution is 2.39. The van der Waals surface area contributed by atoms with Crippen LogP contribution in [-0.4, -0.2) is 21.4 Å². The van der Waals surface area contributed by atoms with Crippen molar-refractivity contribution in [1.82, 2.24) is 0 Å². The molecule has 2 rings (SSSR count). The Kier molecular flexibility index (Phi) is 7.51. The normalized spacial score (nSPS) is 21.6. The van der Waals surface area contributed by atoms with Crippen molar-refractivity contribution in [2.24, 2.45) is 16.3 Å². The van der Waals surface area contributed by atoms with Gasteiger partial charge in [-0.1, -0.05) is 62.6 Å². The Balaban J connectivity index is 2.35. The Hall–Kier alpha value is -0.420. The first-order chi connectivity index (χ1) is 11.7. The van der Waals surface area contributed by atoms with Gasteiger partial charge in [-0.2, -0.15) is 0 Å². The van der Waals surface area contributed by atoms with E-state index in [4.69, 9.17) is 40.4 Å². The first-order valence-corrected chi connectivity index (χ1v) is 10.6. The molecule has 0 aromatic heterocycles. The molecule has 1 atom stereocenters. The lowest BCUT2D eigenvalue weighted by molar-refractivity contribution is -0.122. The van der Waals surface area contributed by atoms with Gasteiger partial charge in [0.15, 0.2) is 0 Å². The summed E-state index contributed by atoms with van der Waals surface area (Å²) in [7, 11) is 0. The molecule has 136 valence electrons. The van der Waals surface area contributed by atoms with Gasteiger partial charge < -0.3 is 0 Å². The largest absolute Gasteiger partial charge is 0.299 e. The molecule has 1 aromatic carbocycles. The van der Waals surface area contributed by atoms with Crippen LogP contribution < -0.4 is 0 Å². The number of thiocarbonyl (C=S) groups is 1. The van der Waals surface area contributed by atoms with Crippen molar-refractivity contribution in [2.45, 2.75) is 46.5 Å². The molecular weight excluding hydrogens is 393 g/mol. The number of benzene rings is 1. The van der Waals surface area contributed by atoms with Crippen LogP contribution in [0.1, 0.15) is 46.5 Å². The lowest BCUT2D eigenvalue weighted by Crippen LogP contribution is -2.40. The Bertz CT molecular complexity index is 701. The molecule has 1 fully saturated rings. The second kappa shape index (κ2) is 8.98. The number of halogens is 2. The predicted molar refractivity (Wildman–Crippen MR) is 115 cm³/mol. The molecule has 2 nitrogen and oxygen atoms in total. The average Bonchev–Trinajstić information content (AvgIpc) is 2.48. The van der Waals surface area contributed by atoms with E-state index in [9.17, 15) is 4.79 Å². The highest BCUT2D eigenvalue weighted by molar-refractivity contribution is 8.23. The molecule has 0 bridgehead atoms. The van der Waals surface area contributed by atoms with Gasteiger partial charge in [0.25, 0.3) is 0 Å². The number of Topliss-reactive ketones (excluding diaryl/α,β-unsaturated/α-hetero) is 1. The second-order valence-corrected chi connectivity index (χ2v) is 9.82. The number of rotatable bonds is 5. The highest BCUT2D eigenvalue weighted by Gasteiger charge is 2.40. The maximum Gasteiger partial charge on any atom is 0.147 e. The van der Waals surface area contributed by atoms with Gasteiger partial charge in [-0.25, -0.2) is 0 Å². The van der Waals surface area contributed by atoms with Crippen molar-refractivity contribution in [2.75, 3.05) is 5.75 Å². The standard InChI is InChI=1S/C19H23Cl2NOS2/c1-4-5-8-25-18(24)17-15(10-19(2,3)11-16(17)23)22-14-7-6-12(20)9-13(14)21/h6-7,9,17H,4-5,8,10-11H2,1-3H3. The number of carbonyl (C=O) groups excluding carboxylic acids is 1. The fourth-order valence-corrected chi connectivity index (χ4v) is 4.95. The molecule has 1 aromatic rings. The molecule has 0 heterocycles. The van der Waals surface area contributed by atoms with Crippen LogP contribution in [0.25, 0.3) is 0 Å². The average molecular weight is 416 g/mol. The first kappa shape index (κ1) is 20.9. The van der Waals surface area contributed by atoms with E-state index in [1.807, 2.05) is 0 Å². The quantitative estimate of drug-likeness (QED) is 0.385. The molecule has 1 saturated carbocycles. The van der Waals surface area contributed by atoms with Crippen molar-refractivity contribution >= 4 is 68.6 Å². The van der Waals surface area contributed by atoms with Crippen molar-refractivity contribution < 1.29 is 4.79 Å². The third-order valence-electron chi connectivity index (χ3n) is 4.12. The van der Waals surface area contributed by atoms with Gasteiger partial charge in [0, 0.05) is 17.2 Å². The highest BCUT2D eigenvalue weighted by atomic mass is 35.5. The summed E-state index contributed by atoms with van der Waals surface area (Å²) >= 11 is 19.4. The van der Waals surface area contributed by atoms with Crippen molar-refractivity contribution in [1.29, 1.82) is 0 Å². The Labute approximate surface area is 169 Å². The van der Waals surface area contributed by atoms with Crippen LogP contribution in [0.5, 0.6) is 0 Å². The smallest absolute Gasteiger partial charge is 0.147 e. The summed E-state index contributed by atoms with van der Waals surface area (Å²) in [6.07, 6.45) is 3.46. The van der Waals surface area contributed by atoms with Gasteiger partial charge in [-0.05, 0) is 42.2 Å². The van der Waals surface area contributed by atoms with Crippen LogP contribution in [-0.2, 0) is 4.79 Å². The maximum atomic E-state index is 12.8. The maximum absolute atomic E-state index is 12.8. The van der Waals surface area contributed by atoms with Gasteiger partial charge in [-0.3, -0.25) is 9.79 Å². The number of hydrogen-bond donors (Lipinski definition) is 0. The van der Waals surface area contributed by atoms with Crippen LogP contribution >= 0.6 is 47.2 Å². The number of unbranched alkanes of at least 4 members (excludes halogenated alkanes) is 1. The van der Waals surface area contributed by atoms with Crippen LogP contribution in [0, 0.1) is 11.3 Å². The second-order valence-electron chi connectivity index (χ2n) is 7.14. The molecule has 1 unspecified atom stereocenters. The molecule has 0 radical (unpaired) electrons. The van der Waals surface area contributed by atoms with Crippen LogP contribution in [0.3, 0.4) is 0 Å². The van der Waals surface area contributed by atoms with Crippen LogP contribution in [0.15, 0.2) is 23.2 Å². The summed E-state index contributed by atoms with van der Waals surface area (Å²) in [5, 5.41) is 1.05. The third-order valence-corrected chi connectivity index (χ3v) is 6.26. The minimum atomic E-state index is -0.392. The number of nitrogens with zero attached hydrogens (tertiary/aromatic N) is 1. The van der Waals surface area contributed by atoms with E-state index in [-0.39, 0.29) is 11.2 Å². The third kappa shape index (κ3) is 5.78. The van der Waals surface area contributed by atoms with Gasteiger partial charge in [0.1, 0.15) is 5.78 Å². The summed E-state index contributed by atoms with van der Waals surface area (Å²) in [4.78, 5) is 17.5. The Morgan fingerprint density at radius 3 is 2.72 bits per heavy atom. The van der Waals surface area contributed by atoms with Crippen LogP contribution in [0.2, 0.25) is 10.0 Å². The van der Waals surface area contributed by atoms with Gasteiger partial charge in [-0.15, -0.1) is 11.8 Å². The Morgan fingerprint density at radius 1 is 1.36 bits per heavy atom. The van der Waals surface area contributed by atoms with E-state index < -0.39 is 5.92 Å². The minimum absolute atomic E-state index is 0.116. The molecule has 1 aliphatic rings. The number of ketones is 1. The van der Waals surface area contributed by atoms with E-state index in [0.29, 0.717) is 22.2 Å². The zero-order valence-electron chi connectivity index (χ0n) is 14.8. The molecule has 0 amide bonds. The fraction of sp³-hybridized carbons (Fsp3) is 0.526. The van der Waals surface area contributed by atoms with Gasteiger partial charge in [0.2, 0.25) is 0 Å². The summed E-state index contributed by atoms with van der Waals surface area (Å²) in [5.74, 6) is 0.711. The van der Waals surface area contributed by atoms with Crippen LogP contribution in [0.4, 0.5) is 5.69 Å². The van der Waals surface area contributed by atoms with Gasteiger partial charge >= 0.3 is 0 Å². The van der Waals surface area contributed by atoms with E-state index in [1.165, 1.54) is 0 Å². The SMILES string of the molecule is CCCCSC(=S)C1C(=O)CC(C)(C)CC1=Nc1ccc(Cl)cc1Cl. The number of hydrogen-bond acceptors (Lipinski definition) is 4. The minimum Gasteiger partial charge on any atom is -0.299 e. The lowest BCUT2D eigenvalue weighted by Gasteiger charge is -2.34. The predicted octanol–water partition coefficient (Wildman–Crippen LogP) is 6.93. The molecular formula is C19H23Cl2NOS2. The van der Waals surface area contributed by atoms with E-state index >= 15 is 0 Å². The molecule has 0 N–H and O–H groups in total. The molecule has 6 heteroatoms. The summed E-state index contributed by atoms with van der Waals surface area (Å²) < 4.78 is 0.734. The summed E-state index contributed by atoms with van der Waals surface area (Å²) in [6.45, 7) is 6.33. The zero-order valence-corrected chi connectivity index (χ0v) is 17.9. The van der Waals surface area contributed by atoms with Crippen molar-refractivity contribution in [3.63, 3.8) is 0 Å². The molecule has 1 aliphatic carbocycles. The Morgan fingerprint density at radius 2 is 2.08 bits per heavy atom. The summed E-state index contributed by atoms with van der Waals surface area (Å²) in [6, 6.07) is 5.21. The molecule has 0 spiro atoms. The number of aliphatic imine (C=N–C) groups is 1. The topological polar surface area (TPSA) is 29.4 Å². The number of thioether (sulfide) groups is 1. The van der Waals surface area contributed by atoms with Crippen molar-refractivity contribution in [3.8, 4) is 0 Å². The zero-order chi connectivity index (χ0) is 18.6. The summed E-state index contributed by atoms with van der Waals surface area (Å²) in [5.41, 5.74) is 1.34. The fourth-order valence-electron chi connectivity index (χ4n) is 2.91. The van der Waals surface area contributed by atoms with Gasteiger partial charge in [0.05, 0.1) is 20.8 Å². The van der Waals surface area contributed by atoms with E-state index in [0.717, 1.165) is 34.9 Å². The molecule has 0 aliphatic heterocycles. The lowest BCUT2D eigenvalue weighted by atomic mass is 9.71. The first-order valence-electron chi connectivity index (χ1n) is 8.45. The van der Waals surface area contributed by atoms with Crippen molar-refractivity contribution in [3.05, 3.63) is 28.2 Å².